The summed E-state index contributed by atoms with van der Waals surface area (Å²) in [5.41, 5.74) is 0. The van der Waals surface area contributed by atoms with Gasteiger partial charge >= 0.3 is 24.3 Å². The van der Waals surface area contributed by atoms with Crippen molar-refractivity contribution in [3.05, 3.63) is 54.6 Å². The van der Waals surface area contributed by atoms with Crippen LogP contribution < -0.4 is 4.74 Å². The smallest absolute Gasteiger partial charge is 0.340 e. The molecule has 0 amide bonds. The predicted molar refractivity (Wildman–Crippen MR) is 80.6 cm³/mol. The molecule has 0 radical (unpaired) electrons. The number of benzene rings is 2. The zero-order valence-corrected chi connectivity index (χ0v) is 12.6. The fourth-order valence-electron chi connectivity index (χ4n) is 1.80. The largest absolute Gasteiger partial charge is 0.456 e. The van der Waals surface area contributed by atoms with E-state index >= 15 is 0 Å². The van der Waals surface area contributed by atoms with E-state index in [2.05, 4.69) is 4.74 Å². The first kappa shape index (κ1) is 18.4. The SMILES string of the molecule is O=C(/C=C/C(=O)Oc1ccc2ccccc2c1)OCC(F)(F)C(F)F. The van der Waals surface area contributed by atoms with Crippen LogP contribution >= 0.6 is 0 Å². The molecule has 0 unspecified atom stereocenters. The molecule has 0 atom stereocenters. The highest BCUT2D eigenvalue weighted by Gasteiger charge is 2.42. The highest BCUT2D eigenvalue weighted by Crippen LogP contribution is 2.23. The first-order chi connectivity index (χ1) is 11.8. The molecule has 0 bridgehead atoms. The normalized spacial score (nSPS) is 11.9. The lowest BCUT2D eigenvalue weighted by Crippen LogP contribution is -2.33. The molecule has 0 saturated heterocycles. The molecule has 25 heavy (non-hydrogen) atoms. The van der Waals surface area contributed by atoms with E-state index in [1.807, 2.05) is 18.2 Å². The Morgan fingerprint density at radius 3 is 2.32 bits per heavy atom. The fourth-order valence-corrected chi connectivity index (χ4v) is 1.80. The van der Waals surface area contributed by atoms with Crippen molar-refractivity contribution in [2.75, 3.05) is 6.61 Å². The number of carbonyl (C=O) groups excluding carboxylic acids is 2. The lowest BCUT2D eigenvalue weighted by atomic mass is 10.1. The number of fused-ring (bicyclic) bond motifs is 1. The minimum Gasteiger partial charge on any atom is -0.456 e. The number of hydrogen-bond acceptors (Lipinski definition) is 4. The van der Waals surface area contributed by atoms with Gasteiger partial charge < -0.3 is 9.47 Å². The second-order valence-corrected chi connectivity index (χ2v) is 4.93. The second-order valence-electron chi connectivity index (χ2n) is 4.93. The van der Waals surface area contributed by atoms with Crippen molar-refractivity contribution >= 4 is 22.7 Å². The lowest BCUT2D eigenvalue weighted by molar-refractivity contribution is -0.176. The topological polar surface area (TPSA) is 52.6 Å². The van der Waals surface area contributed by atoms with Gasteiger partial charge in [0, 0.05) is 12.2 Å². The van der Waals surface area contributed by atoms with Gasteiger partial charge in [0.15, 0.2) is 6.61 Å². The van der Waals surface area contributed by atoms with E-state index < -0.39 is 30.9 Å². The van der Waals surface area contributed by atoms with Gasteiger partial charge in [-0.2, -0.15) is 8.78 Å². The van der Waals surface area contributed by atoms with E-state index in [0.717, 1.165) is 10.8 Å². The average molecular weight is 356 g/mol. The minimum atomic E-state index is -4.45. The standard InChI is InChI=1S/C17H12F4O4/c18-16(19)17(20,21)10-24-14(22)7-8-15(23)25-13-6-5-11-3-1-2-4-12(11)9-13/h1-9,16H,10H2/b8-7+. The summed E-state index contributed by atoms with van der Waals surface area (Å²) < 4.78 is 57.9. The maximum absolute atomic E-state index is 12.6. The highest BCUT2D eigenvalue weighted by atomic mass is 19.3. The van der Waals surface area contributed by atoms with Crippen LogP contribution in [-0.4, -0.2) is 30.9 Å². The van der Waals surface area contributed by atoms with Crippen LogP contribution in [0.5, 0.6) is 5.75 Å². The Kier molecular flexibility index (Phi) is 5.74. The number of esters is 2. The zero-order valence-electron chi connectivity index (χ0n) is 12.6. The molecule has 0 aromatic heterocycles. The first-order valence-electron chi connectivity index (χ1n) is 6.99. The molecule has 0 fully saturated rings. The summed E-state index contributed by atoms with van der Waals surface area (Å²) in [5, 5.41) is 1.76. The van der Waals surface area contributed by atoms with Crippen molar-refractivity contribution in [1.29, 1.82) is 0 Å². The summed E-state index contributed by atoms with van der Waals surface area (Å²) in [4.78, 5) is 22.7. The molecule has 2 aromatic rings. The van der Waals surface area contributed by atoms with Gasteiger partial charge in [-0.15, -0.1) is 0 Å². The Labute approximate surface area is 139 Å². The van der Waals surface area contributed by atoms with Crippen LogP contribution in [0.4, 0.5) is 17.6 Å². The maximum Gasteiger partial charge on any atom is 0.340 e. The van der Waals surface area contributed by atoms with Crippen LogP contribution in [-0.2, 0) is 14.3 Å². The predicted octanol–water partition coefficient (Wildman–Crippen LogP) is 3.75. The molecule has 0 heterocycles. The molecule has 4 nitrogen and oxygen atoms in total. The highest BCUT2D eigenvalue weighted by molar-refractivity contribution is 5.93. The number of rotatable bonds is 6. The van der Waals surface area contributed by atoms with Gasteiger partial charge in [-0.3, -0.25) is 0 Å². The van der Waals surface area contributed by atoms with Crippen LogP contribution in [0.3, 0.4) is 0 Å². The number of hydrogen-bond donors (Lipinski definition) is 0. The van der Waals surface area contributed by atoms with Crippen molar-refractivity contribution < 1.29 is 36.6 Å². The van der Waals surface area contributed by atoms with Gasteiger partial charge in [0.2, 0.25) is 0 Å². The monoisotopic (exact) mass is 356 g/mol. The van der Waals surface area contributed by atoms with Crippen molar-refractivity contribution in [3.8, 4) is 5.75 Å². The third-order valence-corrected chi connectivity index (χ3v) is 3.02. The summed E-state index contributed by atoms with van der Waals surface area (Å²) in [7, 11) is 0. The summed E-state index contributed by atoms with van der Waals surface area (Å²) in [6, 6.07) is 12.2. The summed E-state index contributed by atoms with van der Waals surface area (Å²) in [6.45, 7) is -1.78. The molecule has 0 aliphatic carbocycles. The molecule has 0 saturated carbocycles. The van der Waals surface area contributed by atoms with Crippen LogP contribution in [0.15, 0.2) is 54.6 Å². The van der Waals surface area contributed by atoms with Gasteiger partial charge in [-0.05, 0) is 22.9 Å². The second kappa shape index (κ2) is 7.78. The average Bonchev–Trinajstić information content (AvgIpc) is 2.58. The lowest BCUT2D eigenvalue weighted by Gasteiger charge is -2.13. The molecule has 2 aromatic carbocycles. The summed E-state index contributed by atoms with van der Waals surface area (Å²) in [6.07, 6.45) is -2.79. The maximum atomic E-state index is 12.6. The van der Waals surface area contributed by atoms with E-state index in [0.29, 0.717) is 12.2 Å². The number of ether oxygens (including phenoxy) is 2. The molecule has 0 spiro atoms. The van der Waals surface area contributed by atoms with E-state index in [-0.39, 0.29) is 5.75 Å². The molecule has 132 valence electrons. The number of alkyl halides is 4. The quantitative estimate of drug-likeness (QED) is 0.342. The van der Waals surface area contributed by atoms with Crippen LogP contribution in [0.1, 0.15) is 0 Å². The van der Waals surface area contributed by atoms with Crippen LogP contribution in [0.25, 0.3) is 10.8 Å². The van der Waals surface area contributed by atoms with E-state index in [1.165, 1.54) is 6.07 Å². The molecular formula is C17H12F4O4. The van der Waals surface area contributed by atoms with Gasteiger partial charge in [0.05, 0.1) is 0 Å². The van der Waals surface area contributed by atoms with Gasteiger partial charge in [-0.1, -0.05) is 30.3 Å². The molecule has 8 heteroatoms. The van der Waals surface area contributed by atoms with Crippen LogP contribution in [0.2, 0.25) is 0 Å². The summed E-state index contributed by atoms with van der Waals surface area (Å²) in [5.74, 6) is -6.55. The van der Waals surface area contributed by atoms with Crippen molar-refractivity contribution in [3.63, 3.8) is 0 Å². The molecule has 0 aliphatic rings. The zero-order chi connectivity index (χ0) is 18.4. The molecule has 0 N–H and O–H groups in total. The fraction of sp³-hybridized carbons (Fsp3) is 0.176. The van der Waals surface area contributed by atoms with E-state index in [9.17, 15) is 27.2 Å². The van der Waals surface area contributed by atoms with Crippen molar-refractivity contribution in [2.45, 2.75) is 12.3 Å². The first-order valence-corrected chi connectivity index (χ1v) is 6.99. The minimum absolute atomic E-state index is 0.214. The Hall–Kier alpha value is -2.90. The molecule has 0 aliphatic heterocycles. The van der Waals surface area contributed by atoms with Gasteiger partial charge in [0.1, 0.15) is 5.75 Å². The van der Waals surface area contributed by atoms with E-state index in [1.54, 1.807) is 18.2 Å². The molecule has 2 rings (SSSR count). The molecular weight excluding hydrogens is 344 g/mol. The Morgan fingerprint density at radius 2 is 1.64 bits per heavy atom. The van der Waals surface area contributed by atoms with Crippen molar-refractivity contribution in [2.24, 2.45) is 0 Å². The summed E-state index contributed by atoms with van der Waals surface area (Å²) >= 11 is 0. The van der Waals surface area contributed by atoms with Crippen LogP contribution in [0, 0.1) is 0 Å². The van der Waals surface area contributed by atoms with Gasteiger partial charge in [-0.25, -0.2) is 18.4 Å². The number of carbonyl (C=O) groups is 2. The number of halogens is 4. The van der Waals surface area contributed by atoms with Crippen molar-refractivity contribution in [1.82, 2.24) is 0 Å². The Bertz CT molecular complexity index is 802. The van der Waals surface area contributed by atoms with E-state index in [4.69, 9.17) is 4.74 Å². The van der Waals surface area contributed by atoms with Gasteiger partial charge in [0.25, 0.3) is 0 Å². The Morgan fingerprint density at radius 1 is 1.00 bits per heavy atom. The third-order valence-electron chi connectivity index (χ3n) is 3.02. The Balaban J connectivity index is 1.90. The third kappa shape index (κ3) is 5.30.